The van der Waals surface area contributed by atoms with Crippen LogP contribution in [0.4, 0.5) is 5.82 Å². The predicted octanol–water partition coefficient (Wildman–Crippen LogP) is 2.41. The number of nitrogens with one attached hydrogen (secondary N) is 1. The zero-order chi connectivity index (χ0) is 14.7. The van der Waals surface area contributed by atoms with Crippen LogP contribution in [0.5, 0.6) is 0 Å². The molecule has 1 aromatic heterocycles. The summed E-state index contributed by atoms with van der Waals surface area (Å²) in [5.41, 5.74) is 6.61. The molecule has 0 saturated carbocycles. The van der Waals surface area contributed by atoms with Crippen molar-refractivity contribution in [3.63, 3.8) is 0 Å². The molecule has 4 nitrogen and oxygen atoms in total. The average Bonchev–Trinajstić information content (AvgIpc) is 2.93. The number of rotatable bonds is 4. The number of aromatic nitrogens is 1. The van der Waals surface area contributed by atoms with Crippen molar-refractivity contribution in [3.8, 4) is 0 Å². The van der Waals surface area contributed by atoms with Gasteiger partial charge in [-0.3, -0.25) is 5.01 Å². The van der Waals surface area contributed by atoms with E-state index < -0.39 is 0 Å². The molecule has 1 aromatic carbocycles. The minimum atomic E-state index is -0.318. The Morgan fingerprint density at radius 2 is 2.05 bits per heavy atom. The molecule has 0 radical (unpaired) electrons. The molecular formula is C17H17N3O. The third-order valence-electron chi connectivity index (χ3n) is 3.60. The topological polar surface area (TPSA) is 45.2 Å². The largest absolute Gasteiger partial charge is 0.303 e. The number of aryl methyl sites for hydroxylation is 1. The van der Waals surface area contributed by atoms with Crippen molar-refractivity contribution < 1.29 is 4.79 Å². The van der Waals surface area contributed by atoms with Gasteiger partial charge in [-0.25, -0.2) is 4.98 Å². The zero-order valence-electron chi connectivity index (χ0n) is 11.9. The van der Waals surface area contributed by atoms with Crippen LogP contribution < -0.4 is 10.4 Å². The zero-order valence-corrected chi connectivity index (χ0v) is 11.9. The molecule has 106 valence electrons. The molecule has 0 amide bonds. The molecule has 2 aromatic rings. The van der Waals surface area contributed by atoms with Crippen LogP contribution in [0.25, 0.3) is 0 Å². The number of anilines is 1. The Balaban J connectivity index is 1.78. The number of hydrogen-bond acceptors (Lipinski definition) is 4. The summed E-state index contributed by atoms with van der Waals surface area (Å²) in [6.07, 6.45) is 5.32. The van der Waals surface area contributed by atoms with Gasteiger partial charge in [0.15, 0.2) is 0 Å². The molecule has 1 N–H and O–H groups in total. The van der Waals surface area contributed by atoms with E-state index in [-0.39, 0.29) is 6.04 Å². The van der Waals surface area contributed by atoms with Crippen LogP contribution in [0.3, 0.4) is 0 Å². The first-order chi connectivity index (χ1) is 10.3. The highest BCUT2D eigenvalue weighted by molar-refractivity contribution is 5.71. The van der Waals surface area contributed by atoms with Crippen molar-refractivity contribution in [2.45, 2.75) is 19.4 Å². The molecule has 3 rings (SSSR count). The van der Waals surface area contributed by atoms with E-state index >= 15 is 0 Å². The second kappa shape index (κ2) is 5.79. The van der Waals surface area contributed by atoms with E-state index in [0.29, 0.717) is 0 Å². The molecule has 0 aliphatic carbocycles. The van der Waals surface area contributed by atoms with Gasteiger partial charge in [0, 0.05) is 12.4 Å². The fourth-order valence-corrected chi connectivity index (χ4v) is 2.43. The van der Waals surface area contributed by atoms with Crippen LogP contribution in [0.15, 0.2) is 60.4 Å². The van der Waals surface area contributed by atoms with Crippen LogP contribution in [0.2, 0.25) is 0 Å². The SMILES string of the molecule is Cc1ccc(CC2=CNN(c3ccccn3)C2C=O)cc1. The number of hydrazine groups is 1. The number of carbonyl (C=O) groups is 1. The molecule has 0 saturated heterocycles. The lowest BCUT2D eigenvalue weighted by Crippen LogP contribution is -2.40. The highest BCUT2D eigenvalue weighted by atomic mass is 16.1. The van der Waals surface area contributed by atoms with Gasteiger partial charge < -0.3 is 10.2 Å². The maximum Gasteiger partial charge on any atom is 0.148 e. The molecule has 2 heterocycles. The first kappa shape index (κ1) is 13.4. The molecule has 4 heteroatoms. The maximum absolute atomic E-state index is 11.5. The first-order valence-electron chi connectivity index (χ1n) is 6.94. The standard InChI is InChI=1S/C17H17N3O/c1-13-5-7-14(8-6-13)10-15-11-19-20(16(15)12-21)17-4-2-3-9-18-17/h2-9,11-12,16,19H,10H2,1H3. The monoisotopic (exact) mass is 279 g/mol. The summed E-state index contributed by atoms with van der Waals surface area (Å²) in [6, 6.07) is 13.7. The summed E-state index contributed by atoms with van der Waals surface area (Å²) in [6.45, 7) is 2.07. The lowest BCUT2D eigenvalue weighted by Gasteiger charge is -2.23. The quantitative estimate of drug-likeness (QED) is 0.873. The molecule has 1 atom stereocenters. The van der Waals surface area contributed by atoms with E-state index in [9.17, 15) is 4.79 Å². The maximum atomic E-state index is 11.5. The molecule has 0 bridgehead atoms. The second-order valence-electron chi connectivity index (χ2n) is 5.15. The van der Waals surface area contributed by atoms with E-state index in [0.717, 1.165) is 24.1 Å². The highest BCUT2D eigenvalue weighted by Gasteiger charge is 2.28. The Morgan fingerprint density at radius 3 is 2.71 bits per heavy atom. The van der Waals surface area contributed by atoms with Crippen molar-refractivity contribution in [2.75, 3.05) is 5.01 Å². The smallest absolute Gasteiger partial charge is 0.148 e. The van der Waals surface area contributed by atoms with Crippen LogP contribution in [-0.4, -0.2) is 17.3 Å². The number of carbonyl (C=O) groups excluding carboxylic acids is 1. The lowest BCUT2D eigenvalue weighted by molar-refractivity contribution is -0.108. The predicted molar refractivity (Wildman–Crippen MR) is 82.7 cm³/mol. The van der Waals surface area contributed by atoms with Crippen LogP contribution in [-0.2, 0) is 11.2 Å². The molecule has 21 heavy (non-hydrogen) atoms. The van der Waals surface area contributed by atoms with Gasteiger partial charge in [-0.1, -0.05) is 35.9 Å². The van der Waals surface area contributed by atoms with Crippen LogP contribution >= 0.6 is 0 Å². The molecule has 1 unspecified atom stereocenters. The Labute approximate surface area is 124 Å². The number of pyridine rings is 1. The Morgan fingerprint density at radius 1 is 1.24 bits per heavy atom. The normalized spacial score (nSPS) is 17.3. The molecular weight excluding hydrogens is 262 g/mol. The summed E-state index contributed by atoms with van der Waals surface area (Å²) < 4.78 is 0. The van der Waals surface area contributed by atoms with Gasteiger partial charge in [-0.2, -0.15) is 0 Å². The third-order valence-corrected chi connectivity index (χ3v) is 3.60. The minimum absolute atomic E-state index is 0.318. The lowest BCUT2D eigenvalue weighted by atomic mass is 10.00. The number of benzene rings is 1. The van der Waals surface area contributed by atoms with Crippen molar-refractivity contribution in [1.82, 2.24) is 10.4 Å². The number of hydrogen-bond donors (Lipinski definition) is 1. The van der Waals surface area contributed by atoms with Gasteiger partial charge in [0.05, 0.1) is 0 Å². The Kier molecular flexibility index (Phi) is 3.69. The van der Waals surface area contributed by atoms with E-state index in [1.165, 1.54) is 11.1 Å². The summed E-state index contributed by atoms with van der Waals surface area (Å²) in [4.78, 5) is 15.8. The van der Waals surface area contributed by atoms with Gasteiger partial charge in [-0.15, -0.1) is 0 Å². The van der Waals surface area contributed by atoms with E-state index in [2.05, 4.69) is 41.6 Å². The fraction of sp³-hybridized carbons (Fsp3) is 0.176. The van der Waals surface area contributed by atoms with Crippen molar-refractivity contribution in [3.05, 3.63) is 71.6 Å². The van der Waals surface area contributed by atoms with Gasteiger partial charge in [0.25, 0.3) is 0 Å². The van der Waals surface area contributed by atoms with E-state index in [1.807, 2.05) is 24.4 Å². The van der Waals surface area contributed by atoms with Crippen LogP contribution in [0, 0.1) is 6.92 Å². The van der Waals surface area contributed by atoms with E-state index in [4.69, 9.17) is 0 Å². The molecule has 0 spiro atoms. The number of nitrogens with zero attached hydrogens (tertiary/aromatic N) is 2. The van der Waals surface area contributed by atoms with Gasteiger partial charge in [-0.05, 0) is 36.6 Å². The number of aldehydes is 1. The Bertz CT molecular complexity index is 649. The fourth-order valence-electron chi connectivity index (χ4n) is 2.43. The summed E-state index contributed by atoms with van der Waals surface area (Å²) in [7, 11) is 0. The van der Waals surface area contributed by atoms with Crippen molar-refractivity contribution >= 4 is 12.1 Å². The summed E-state index contributed by atoms with van der Waals surface area (Å²) in [5, 5.41) is 1.79. The van der Waals surface area contributed by atoms with Gasteiger partial charge in [0.1, 0.15) is 18.1 Å². The first-order valence-corrected chi connectivity index (χ1v) is 6.94. The summed E-state index contributed by atoms with van der Waals surface area (Å²) >= 11 is 0. The third kappa shape index (κ3) is 2.79. The van der Waals surface area contributed by atoms with Crippen LogP contribution in [0.1, 0.15) is 11.1 Å². The molecule has 0 fully saturated rings. The summed E-state index contributed by atoms with van der Waals surface area (Å²) in [5.74, 6) is 0.741. The molecule has 1 aliphatic heterocycles. The van der Waals surface area contributed by atoms with Gasteiger partial charge >= 0.3 is 0 Å². The second-order valence-corrected chi connectivity index (χ2v) is 5.15. The van der Waals surface area contributed by atoms with Gasteiger partial charge in [0.2, 0.25) is 0 Å². The van der Waals surface area contributed by atoms with Crippen molar-refractivity contribution in [1.29, 1.82) is 0 Å². The van der Waals surface area contributed by atoms with Crippen molar-refractivity contribution in [2.24, 2.45) is 0 Å². The minimum Gasteiger partial charge on any atom is -0.303 e. The average molecular weight is 279 g/mol. The highest BCUT2D eigenvalue weighted by Crippen LogP contribution is 2.22. The Hall–Kier alpha value is -2.62. The molecule has 1 aliphatic rings. The van der Waals surface area contributed by atoms with E-state index in [1.54, 1.807) is 11.2 Å².